The van der Waals surface area contributed by atoms with E-state index in [1.54, 1.807) is 32.9 Å². The normalized spacial score (nSPS) is 14.9. The SMILES string of the molecule is CCOC(C)(N)C(C)(C)O.Cc1ccc(S(=O)(=O)O)cc1. The highest BCUT2D eigenvalue weighted by Crippen LogP contribution is 2.19. The standard InChI is InChI=1S/C7H17NO2.C7H8O3S/c1-5-10-7(4,8)6(2,3)9;1-6-2-4-7(5-3-6)11(8,9)10/h9H,5,8H2,1-4H3;2-5H,1H3,(H,8,9,10). The second-order valence-electron chi connectivity index (χ2n) is 5.39. The smallest absolute Gasteiger partial charge is 0.294 e. The molecule has 0 heterocycles. The minimum atomic E-state index is -4.02. The lowest BCUT2D eigenvalue weighted by atomic mass is 9.97. The van der Waals surface area contributed by atoms with Crippen LogP contribution in [0.5, 0.6) is 0 Å². The molecule has 0 saturated carbocycles. The van der Waals surface area contributed by atoms with Crippen LogP contribution in [0, 0.1) is 6.92 Å². The molecule has 0 fully saturated rings. The minimum absolute atomic E-state index is 0.0666. The highest BCUT2D eigenvalue weighted by atomic mass is 32.2. The molecule has 1 unspecified atom stereocenters. The monoisotopic (exact) mass is 319 g/mol. The second-order valence-corrected chi connectivity index (χ2v) is 6.81. The summed E-state index contributed by atoms with van der Waals surface area (Å²) in [6.45, 7) is 9.11. The van der Waals surface area contributed by atoms with Crippen molar-refractivity contribution >= 4 is 10.1 Å². The molecule has 1 atom stereocenters. The Morgan fingerprint density at radius 1 is 1.19 bits per heavy atom. The van der Waals surface area contributed by atoms with Crippen molar-refractivity contribution in [3.05, 3.63) is 29.8 Å². The maximum absolute atomic E-state index is 10.5. The molecule has 122 valence electrons. The van der Waals surface area contributed by atoms with E-state index >= 15 is 0 Å². The van der Waals surface area contributed by atoms with Crippen molar-refractivity contribution < 1.29 is 22.8 Å². The van der Waals surface area contributed by atoms with Crippen LogP contribution in [0.4, 0.5) is 0 Å². The van der Waals surface area contributed by atoms with Gasteiger partial charge in [0.05, 0.1) is 4.90 Å². The van der Waals surface area contributed by atoms with Crippen LogP contribution in [0.3, 0.4) is 0 Å². The maximum atomic E-state index is 10.5. The Balaban J connectivity index is 0.000000384. The van der Waals surface area contributed by atoms with Crippen molar-refractivity contribution in [2.75, 3.05) is 6.61 Å². The molecule has 0 aliphatic heterocycles. The van der Waals surface area contributed by atoms with Crippen LogP contribution in [0.25, 0.3) is 0 Å². The zero-order valence-electron chi connectivity index (χ0n) is 13.1. The Morgan fingerprint density at radius 3 is 1.86 bits per heavy atom. The molecular weight excluding hydrogens is 294 g/mol. The predicted molar refractivity (Wildman–Crippen MR) is 81.5 cm³/mol. The molecule has 4 N–H and O–H groups in total. The molecule has 0 aromatic heterocycles. The molecule has 0 saturated heterocycles. The fraction of sp³-hybridized carbons (Fsp3) is 0.571. The molecule has 0 radical (unpaired) electrons. The van der Waals surface area contributed by atoms with E-state index in [4.69, 9.17) is 15.0 Å². The number of aryl methyl sites for hydroxylation is 1. The Hall–Kier alpha value is -0.990. The zero-order valence-corrected chi connectivity index (χ0v) is 13.9. The van der Waals surface area contributed by atoms with Gasteiger partial charge in [0.1, 0.15) is 11.3 Å². The highest BCUT2D eigenvalue weighted by Gasteiger charge is 2.36. The minimum Gasteiger partial charge on any atom is -0.386 e. The molecular formula is C14H25NO5S. The summed E-state index contributed by atoms with van der Waals surface area (Å²) in [6, 6.07) is 5.99. The molecule has 0 bridgehead atoms. The van der Waals surface area contributed by atoms with Gasteiger partial charge in [-0.25, -0.2) is 0 Å². The fourth-order valence-electron chi connectivity index (χ4n) is 1.19. The molecule has 7 heteroatoms. The number of aliphatic hydroxyl groups is 1. The van der Waals surface area contributed by atoms with Crippen LogP contribution in [-0.2, 0) is 14.9 Å². The zero-order chi connectivity index (χ0) is 16.9. The molecule has 0 spiro atoms. The van der Waals surface area contributed by atoms with Crippen molar-refractivity contribution in [3.63, 3.8) is 0 Å². The first-order chi connectivity index (χ1) is 9.31. The van der Waals surface area contributed by atoms with Crippen molar-refractivity contribution in [2.45, 2.75) is 50.8 Å². The third-order valence-electron chi connectivity index (χ3n) is 2.98. The van der Waals surface area contributed by atoms with Crippen LogP contribution in [0.2, 0.25) is 0 Å². The fourth-order valence-corrected chi connectivity index (χ4v) is 1.67. The summed E-state index contributed by atoms with van der Waals surface area (Å²) >= 11 is 0. The Labute approximate surface area is 126 Å². The lowest BCUT2D eigenvalue weighted by molar-refractivity contribution is -0.151. The number of ether oxygens (including phenoxy) is 1. The van der Waals surface area contributed by atoms with Gasteiger partial charge in [0.15, 0.2) is 0 Å². The van der Waals surface area contributed by atoms with E-state index in [1.165, 1.54) is 12.1 Å². The van der Waals surface area contributed by atoms with Gasteiger partial charge in [-0.15, -0.1) is 0 Å². The summed E-state index contributed by atoms with van der Waals surface area (Å²) in [6.07, 6.45) is 0. The van der Waals surface area contributed by atoms with E-state index in [1.807, 2.05) is 13.8 Å². The van der Waals surface area contributed by atoms with Crippen molar-refractivity contribution in [1.29, 1.82) is 0 Å². The highest BCUT2D eigenvalue weighted by molar-refractivity contribution is 7.85. The van der Waals surface area contributed by atoms with Crippen LogP contribution in [0.15, 0.2) is 29.2 Å². The van der Waals surface area contributed by atoms with Gasteiger partial charge in [0, 0.05) is 6.61 Å². The van der Waals surface area contributed by atoms with Crippen LogP contribution < -0.4 is 5.73 Å². The van der Waals surface area contributed by atoms with Gasteiger partial charge in [-0.2, -0.15) is 8.42 Å². The van der Waals surface area contributed by atoms with E-state index in [0.29, 0.717) is 6.61 Å². The lowest BCUT2D eigenvalue weighted by Crippen LogP contribution is -2.56. The number of benzene rings is 1. The summed E-state index contributed by atoms with van der Waals surface area (Å²) in [5.41, 5.74) is 4.63. The maximum Gasteiger partial charge on any atom is 0.294 e. The van der Waals surface area contributed by atoms with Gasteiger partial charge in [-0.05, 0) is 46.8 Å². The van der Waals surface area contributed by atoms with Crippen molar-refractivity contribution in [3.8, 4) is 0 Å². The molecule has 6 nitrogen and oxygen atoms in total. The van der Waals surface area contributed by atoms with Gasteiger partial charge in [-0.3, -0.25) is 4.55 Å². The third-order valence-corrected chi connectivity index (χ3v) is 3.85. The predicted octanol–water partition coefficient (Wildman–Crippen LogP) is 1.71. The molecule has 0 amide bonds. The van der Waals surface area contributed by atoms with E-state index in [-0.39, 0.29) is 4.90 Å². The quantitative estimate of drug-likeness (QED) is 0.575. The van der Waals surface area contributed by atoms with Crippen molar-refractivity contribution in [2.24, 2.45) is 5.73 Å². The number of rotatable bonds is 4. The second kappa shape index (κ2) is 7.33. The summed E-state index contributed by atoms with van der Waals surface area (Å²) in [4.78, 5) is -0.0666. The Morgan fingerprint density at radius 2 is 1.62 bits per heavy atom. The molecule has 1 aromatic carbocycles. The number of hydrogen-bond acceptors (Lipinski definition) is 5. The van der Waals surface area contributed by atoms with Gasteiger partial charge in [0.2, 0.25) is 0 Å². The molecule has 1 aromatic rings. The first-order valence-corrected chi connectivity index (χ1v) is 7.94. The Bertz CT molecular complexity index is 529. The average Bonchev–Trinajstić information content (AvgIpc) is 2.27. The average molecular weight is 319 g/mol. The first kappa shape index (κ1) is 20.0. The lowest BCUT2D eigenvalue weighted by Gasteiger charge is -2.36. The molecule has 1 rings (SSSR count). The van der Waals surface area contributed by atoms with E-state index in [2.05, 4.69) is 0 Å². The van der Waals surface area contributed by atoms with Gasteiger partial charge in [0.25, 0.3) is 10.1 Å². The number of nitrogens with two attached hydrogens (primary N) is 1. The van der Waals surface area contributed by atoms with Gasteiger partial charge in [-0.1, -0.05) is 17.7 Å². The van der Waals surface area contributed by atoms with Gasteiger partial charge < -0.3 is 15.6 Å². The first-order valence-electron chi connectivity index (χ1n) is 6.50. The summed E-state index contributed by atoms with van der Waals surface area (Å²) in [5, 5.41) is 9.43. The van der Waals surface area contributed by atoms with E-state index in [0.717, 1.165) is 5.56 Å². The summed E-state index contributed by atoms with van der Waals surface area (Å²) in [7, 11) is -4.02. The van der Waals surface area contributed by atoms with E-state index in [9.17, 15) is 13.5 Å². The third kappa shape index (κ3) is 7.01. The van der Waals surface area contributed by atoms with Crippen LogP contribution in [0.1, 0.15) is 33.3 Å². The molecule has 0 aliphatic rings. The summed E-state index contributed by atoms with van der Waals surface area (Å²) in [5.74, 6) is 0. The molecule has 21 heavy (non-hydrogen) atoms. The largest absolute Gasteiger partial charge is 0.386 e. The van der Waals surface area contributed by atoms with Gasteiger partial charge >= 0.3 is 0 Å². The summed E-state index contributed by atoms with van der Waals surface area (Å²) < 4.78 is 34.7. The van der Waals surface area contributed by atoms with Crippen LogP contribution in [-0.4, -0.2) is 36.0 Å². The van der Waals surface area contributed by atoms with Crippen molar-refractivity contribution in [1.82, 2.24) is 0 Å². The molecule has 0 aliphatic carbocycles. The number of hydrogen-bond donors (Lipinski definition) is 3. The van der Waals surface area contributed by atoms with Crippen LogP contribution >= 0.6 is 0 Å². The topological polar surface area (TPSA) is 110 Å². The Kier molecular flexibility index (Phi) is 6.98. The van der Waals surface area contributed by atoms with E-state index < -0.39 is 21.4 Å².